The predicted octanol–water partition coefficient (Wildman–Crippen LogP) is 3.86. The molecule has 0 aliphatic heterocycles. The number of nitrogens with two attached hydrogens (primary N) is 1. The zero-order valence-electron chi connectivity index (χ0n) is 11.2. The maximum absolute atomic E-state index is 6.24. The number of anilines is 1. The second-order valence-corrected chi connectivity index (χ2v) is 5.31. The summed E-state index contributed by atoms with van der Waals surface area (Å²) in [5.41, 5.74) is 7.85. The van der Waals surface area contributed by atoms with Gasteiger partial charge in [0.05, 0.1) is 0 Å². The normalized spacial score (nSPS) is 12.3. The summed E-state index contributed by atoms with van der Waals surface area (Å²) in [5.74, 6) is 0.529. The molecule has 0 saturated carbocycles. The Morgan fingerprint density at radius 3 is 2.50 bits per heavy atom. The van der Waals surface area contributed by atoms with E-state index in [1.165, 1.54) is 0 Å². The first-order valence-corrected chi connectivity index (χ1v) is 7.25. The summed E-state index contributed by atoms with van der Waals surface area (Å²) in [6, 6.07) is 9.42. The van der Waals surface area contributed by atoms with Crippen LogP contribution in [0.3, 0.4) is 0 Å². The molecule has 5 heteroatoms. The van der Waals surface area contributed by atoms with Crippen molar-refractivity contribution in [3.63, 3.8) is 0 Å². The Bertz CT molecular complexity index is 567. The third-order valence-electron chi connectivity index (χ3n) is 3.17. The molecule has 0 radical (unpaired) electrons. The maximum atomic E-state index is 6.24. The first-order chi connectivity index (χ1) is 9.63. The van der Waals surface area contributed by atoms with Crippen molar-refractivity contribution in [3.8, 4) is 0 Å². The molecule has 0 aliphatic carbocycles. The van der Waals surface area contributed by atoms with Gasteiger partial charge >= 0.3 is 0 Å². The standard InChI is InChI=1S/C15H17Cl2N3/c1-2-19-14(10-5-4-8-20-15(10)18)9-11-12(16)6-3-7-13(11)17/h3-8,14,19H,2,9H2,1H3,(H2,18,20). The number of aromatic nitrogens is 1. The van der Waals surface area contributed by atoms with Crippen molar-refractivity contribution in [2.75, 3.05) is 12.3 Å². The largest absolute Gasteiger partial charge is 0.383 e. The Balaban J connectivity index is 2.33. The van der Waals surface area contributed by atoms with Crippen molar-refractivity contribution in [3.05, 3.63) is 57.7 Å². The highest BCUT2D eigenvalue weighted by molar-refractivity contribution is 6.36. The lowest BCUT2D eigenvalue weighted by Crippen LogP contribution is -2.24. The van der Waals surface area contributed by atoms with Crippen molar-refractivity contribution < 1.29 is 0 Å². The molecule has 2 rings (SSSR count). The molecule has 20 heavy (non-hydrogen) atoms. The third-order valence-corrected chi connectivity index (χ3v) is 3.88. The van der Waals surface area contributed by atoms with E-state index >= 15 is 0 Å². The highest BCUT2D eigenvalue weighted by atomic mass is 35.5. The second kappa shape index (κ2) is 6.93. The third kappa shape index (κ3) is 3.42. The molecule has 0 bridgehead atoms. The Hall–Kier alpha value is -1.29. The summed E-state index contributed by atoms with van der Waals surface area (Å²) in [5, 5.41) is 4.74. The number of nitrogen functional groups attached to an aromatic ring is 1. The molecule has 0 spiro atoms. The lowest BCUT2D eigenvalue weighted by atomic mass is 9.99. The van der Waals surface area contributed by atoms with Crippen molar-refractivity contribution in [1.82, 2.24) is 10.3 Å². The van der Waals surface area contributed by atoms with E-state index in [1.807, 2.05) is 37.3 Å². The number of halogens is 2. The predicted molar refractivity (Wildman–Crippen MR) is 85.2 cm³/mol. The molecular weight excluding hydrogens is 293 g/mol. The topological polar surface area (TPSA) is 50.9 Å². The van der Waals surface area contributed by atoms with Gasteiger partial charge in [-0.15, -0.1) is 0 Å². The average Bonchev–Trinajstić information content (AvgIpc) is 2.43. The van der Waals surface area contributed by atoms with Crippen molar-refractivity contribution in [1.29, 1.82) is 0 Å². The Morgan fingerprint density at radius 2 is 1.90 bits per heavy atom. The number of hydrogen-bond acceptors (Lipinski definition) is 3. The fourth-order valence-corrected chi connectivity index (χ4v) is 2.75. The molecule has 3 nitrogen and oxygen atoms in total. The molecule has 1 heterocycles. The van der Waals surface area contributed by atoms with Gasteiger partial charge in [0.1, 0.15) is 5.82 Å². The van der Waals surface area contributed by atoms with Crippen LogP contribution in [0.25, 0.3) is 0 Å². The van der Waals surface area contributed by atoms with Crippen molar-refractivity contribution >= 4 is 29.0 Å². The minimum absolute atomic E-state index is 0.0334. The molecule has 0 aliphatic rings. The Labute approximate surface area is 129 Å². The van der Waals surface area contributed by atoms with Crippen LogP contribution < -0.4 is 11.1 Å². The lowest BCUT2D eigenvalue weighted by molar-refractivity contribution is 0.550. The summed E-state index contributed by atoms with van der Waals surface area (Å²) >= 11 is 12.5. The first-order valence-electron chi connectivity index (χ1n) is 6.50. The number of rotatable bonds is 5. The summed E-state index contributed by atoms with van der Waals surface area (Å²) in [7, 11) is 0. The van der Waals surface area contributed by atoms with Gasteiger partial charge in [-0.05, 0) is 36.7 Å². The quantitative estimate of drug-likeness (QED) is 0.881. The minimum Gasteiger partial charge on any atom is -0.383 e. The van der Waals surface area contributed by atoms with Gasteiger partial charge in [0.15, 0.2) is 0 Å². The average molecular weight is 310 g/mol. The molecule has 2 aromatic rings. The van der Waals surface area contributed by atoms with Gasteiger partial charge in [0.2, 0.25) is 0 Å². The van der Waals surface area contributed by atoms with Crippen LogP contribution in [0.2, 0.25) is 10.0 Å². The lowest BCUT2D eigenvalue weighted by Gasteiger charge is -2.20. The molecule has 1 aromatic heterocycles. The van der Waals surface area contributed by atoms with Gasteiger partial charge < -0.3 is 11.1 Å². The Kier molecular flexibility index (Phi) is 5.24. The van der Waals surface area contributed by atoms with E-state index < -0.39 is 0 Å². The van der Waals surface area contributed by atoms with Crippen LogP contribution in [0.4, 0.5) is 5.82 Å². The van der Waals surface area contributed by atoms with Gasteiger partial charge in [0, 0.05) is 27.8 Å². The molecule has 0 amide bonds. The van der Waals surface area contributed by atoms with Crippen LogP contribution in [-0.4, -0.2) is 11.5 Å². The van der Waals surface area contributed by atoms with Gasteiger partial charge in [-0.2, -0.15) is 0 Å². The first kappa shape index (κ1) is 15.1. The minimum atomic E-state index is 0.0334. The summed E-state index contributed by atoms with van der Waals surface area (Å²) in [6.07, 6.45) is 2.35. The molecule has 106 valence electrons. The number of likely N-dealkylation sites (N-methyl/N-ethyl adjacent to an activating group) is 1. The fraction of sp³-hybridized carbons (Fsp3) is 0.267. The maximum Gasteiger partial charge on any atom is 0.128 e. The number of benzene rings is 1. The number of nitrogens with zero attached hydrogens (tertiary/aromatic N) is 1. The van der Waals surface area contributed by atoms with Crippen molar-refractivity contribution in [2.24, 2.45) is 0 Å². The molecule has 0 fully saturated rings. The van der Waals surface area contributed by atoms with E-state index in [-0.39, 0.29) is 6.04 Å². The van der Waals surface area contributed by atoms with Crippen LogP contribution in [0.1, 0.15) is 24.1 Å². The highest BCUT2D eigenvalue weighted by Crippen LogP contribution is 2.30. The van der Waals surface area contributed by atoms with Gasteiger partial charge in [-0.25, -0.2) is 4.98 Å². The van der Waals surface area contributed by atoms with E-state index in [9.17, 15) is 0 Å². The zero-order valence-corrected chi connectivity index (χ0v) is 12.7. The summed E-state index contributed by atoms with van der Waals surface area (Å²) in [4.78, 5) is 4.14. The monoisotopic (exact) mass is 309 g/mol. The molecule has 3 N–H and O–H groups in total. The Morgan fingerprint density at radius 1 is 1.20 bits per heavy atom. The number of nitrogens with one attached hydrogen (secondary N) is 1. The second-order valence-electron chi connectivity index (χ2n) is 4.49. The van der Waals surface area contributed by atoms with E-state index in [0.717, 1.165) is 17.7 Å². The molecule has 0 saturated heterocycles. The smallest absolute Gasteiger partial charge is 0.128 e. The summed E-state index contributed by atoms with van der Waals surface area (Å²) < 4.78 is 0. The van der Waals surface area contributed by atoms with E-state index in [0.29, 0.717) is 22.3 Å². The van der Waals surface area contributed by atoms with Crippen LogP contribution in [0.5, 0.6) is 0 Å². The van der Waals surface area contributed by atoms with E-state index in [4.69, 9.17) is 28.9 Å². The SMILES string of the molecule is CCNC(Cc1c(Cl)cccc1Cl)c1cccnc1N. The number of hydrogen-bond donors (Lipinski definition) is 2. The molecule has 1 atom stereocenters. The molecule has 1 unspecified atom stereocenters. The van der Waals surface area contributed by atoms with Gasteiger partial charge in [-0.3, -0.25) is 0 Å². The zero-order chi connectivity index (χ0) is 14.5. The van der Waals surface area contributed by atoms with Crippen LogP contribution >= 0.6 is 23.2 Å². The van der Waals surface area contributed by atoms with Crippen LogP contribution in [0.15, 0.2) is 36.5 Å². The highest BCUT2D eigenvalue weighted by Gasteiger charge is 2.17. The van der Waals surface area contributed by atoms with Crippen LogP contribution in [-0.2, 0) is 6.42 Å². The van der Waals surface area contributed by atoms with E-state index in [2.05, 4.69) is 10.3 Å². The summed E-state index contributed by atoms with van der Waals surface area (Å²) in [6.45, 7) is 2.87. The number of pyridine rings is 1. The van der Waals surface area contributed by atoms with Crippen molar-refractivity contribution in [2.45, 2.75) is 19.4 Å². The molecular formula is C15H17Cl2N3. The van der Waals surface area contributed by atoms with E-state index in [1.54, 1.807) is 6.20 Å². The van der Waals surface area contributed by atoms with Crippen LogP contribution in [0, 0.1) is 0 Å². The van der Waals surface area contributed by atoms with Gasteiger partial charge in [-0.1, -0.05) is 42.3 Å². The fourth-order valence-electron chi connectivity index (χ4n) is 2.19. The molecule has 1 aromatic carbocycles. The van der Waals surface area contributed by atoms with Gasteiger partial charge in [0.25, 0.3) is 0 Å².